The number of methoxy groups -OCH3 is 1. The Morgan fingerprint density at radius 1 is 1.08 bits per heavy atom. The van der Waals surface area contributed by atoms with Crippen molar-refractivity contribution >= 4 is 17.6 Å². The van der Waals surface area contributed by atoms with Crippen LogP contribution in [0.2, 0.25) is 0 Å². The standard InChI is InChI=1S/C18H29N5O/c1-24-14-6-4-7-18(14)8-5-11-23(13-18)16-12-15(19)20-17(21-16)22-9-2-3-10-22/h12,14H,2-11,13H2,1H3,(H2,19,20,21)/t14-,18-/m1/s1. The molecule has 3 aliphatic rings. The average Bonchev–Trinajstić information content (AvgIpc) is 3.24. The molecule has 2 saturated heterocycles. The number of aromatic nitrogens is 2. The molecule has 0 unspecified atom stereocenters. The highest BCUT2D eigenvalue weighted by atomic mass is 16.5. The smallest absolute Gasteiger partial charge is 0.229 e. The molecule has 132 valence electrons. The summed E-state index contributed by atoms with van der Waals surface area (Å²) in [7, 11) is 1.87. The third kappa shape index (κ3) is 2.81. The SMILES string of the molecule is CO[C@@H]1CCC[C@]12CCCN(c1cc(N)nc(N3CCCC3)n1)C2. The quantitative estimate of drug-likeness (QED) is 0.917. The van der Waals surface area contributed by atoms with Gasteiger partial charge in [-0.15, -0.1) is 0 Å². The van der Waals surface area contributed by atoms with Crippen molar-refractivity contribution in [3.8, 4) is 0 Å². The number of hydrogen-bond donors (Lipinski definition) is 1. The summed E-state index contributed by atoms with van der Waals surface area (Å²) < 4.78 is 5.83. The summed E-state index contributed by atoms with van der Waals surface area (Å²) in [5.41, 5.74) is 6.40. The van der Waals surface area contributed by atoms with Crippen LogP contribution >= 0.6 is 0 Å². The highest BCUT2D eigenvalue weighted by molar-refractivity contribution is 5.53. The van der Waals surface area contributed by atoms with Crippen LogP contribution in [-0.2, 0) is 4.74 Å². The largest absolute Gasteiger partial charge is 0.383 e. The molecule has 1 saturated carbocycles. The summed E-state index contributed by atoms with van der Waals surface area (Å²) in [5, 5.41) is 0. The minimum absolute atomic E-state index is 0.292. The van der Waals surface area contributed by atoms with Crippen LogP contribution in [0.1, 0.15) is 44.9 Å². The van der Waals surface area contributed by atoms with E-state index in [1.165, 1.54) is 44.9 Å². The summed E-state index contributed by atoms with van der Waals surface area (Å²) in [6, 6.07) is 1.94. The monoisotopic (exact) mass is 331 g/mol. The van der Waals surface area contributed by atoms with Gasteiger partial charge >= 0.3 is 0 Å². The van der Waals surface area contributed by atoms with Gasteiger partial charge in [0.15, 0.2) is 0 Å². The molecule has 6 heteroatoms. The number of ether oxygens (including phenoxy) is 1. The van der Waals surface area contributed by atoms with Crippen molar-refractivity contribution in [3.05, 3.63) is 6.07 Å². The predicted molar refractivity (Wildman–Crippen MR) is 96.4 cm³/mol. The molecule has 0 aromatic carbocycles. The minimum Gasteiger partial charge on any atom is -0.383 e. The van der Waals surface area contributed by atoms with E-state index in [9.17, 15) is 0 Å². The molecule has 0 amide bonds. The van der Waals surface area contributed by atoms with E-state index in [0.717, 1.165) is 37.9 Å². The van der Waals surface area contributed by atoms with Crippen LogP contribution in [0.25, 0.3) is 0 Å². The lowest BCUT2D eigenvalue weighted by molar-refractivity contribution is 0.00216. The Hall–Kier alpha value is -1.56. The number of piperidine rings is 1. The zero-order chi connectivity index (χ0) is 16.6. The summed E-state index contributed by atoms with van der Waals surface area (Å²) in [4.78, 5) is 14.0. The highest BCUT2D eigenvalue weighted by Gasteiger charge is 2.46. The van der Waals surface area contributed by atoms with Crippen LogP contribution in [0.15, 0.2) is 6.07 Å². The average molecular weight is 331 g/mol. The number of nitrogen functional groups attached to an aromatic ring is 1. The maximum absolute atomic E-state index is 6.10. The van der Waals surface area contributed by atoms with Crippen molar-refractivity contribution < 1.29 is 4.74 Å². The van der Waals surface area contributed by atoms with Gasteiger partial charge in [0, 0.05) is 44.8 Å². The zero-order valence-corrected chi connectivity index (χ0v) is 14.7. The molecule has 24 heavy (non-hydrogen) atoms. The third-order valence-corrected chi connectivity index (χ3v) is 6.15. The van der Waals surface area contributed by atoms with Gasteiger partial charge in [0.25, 0.3) is 0 Å². The lowest BCUT2D eigenvalue weighted by Gasteiger charge is -2.44. The summed E-state index contributed by atoms with van der Waals surface area (Å²) in [5.74, 6) is 2.37. The molecule has 1 aromatic heterocycles. The fourth-order valence-corrected chi connectivity index (χ4v) is 4.96. The van der Waals surface area contributed by atoms with Crippen molar-refractivity contribution in [2.75, 3.05) is 48.8 Å². The molecule has 0 bridgehead atoms. The van der Waals surface area contributed by atoms with Gasteiger partial charge in [-0.25, -0.2) is 0 Å². The van der Waals surface area contributed by atoms with Gasteiger partial charge in [-0.2, -0.15) is 9.97 Å². The topological polar surface area (TPSA) is 67.5 Å². The van der Waals surface area contributed by atoms with Crippen LogP contribution in [0.5, 0.6) is 0 Å². The fraction of sp³-hybridized carbons (Fsp3) is 0.778. The number of nitrogens with zero attached hydrogens (tertiary/aromatic N) is 4. The van der Waals surface area contributed by atoms with E-state index in [2.05, 4.69) is 14.8 Å². The lowest BCUT2D eigenvalue weighted by Crippen LogP contribution is -2.48. The number of anilines is 3. The van der Waals surface area contributed by atoms with Crippen molar-refractivity contribution in [1.82, 2.24) is 9.97 Å². The predicted octanol–water partition coefficient (Wildman–Crippen LogP) is 2.44. The van der Waals surface area contributed by atoms with E-state index in [1.54, 1.807) is 0 Å². The van der Waals surface area contributed by atoms with Crippen LogP contribution in [-0.4, -0.2) is 49.4 Å². The molecule has 0 radical (unpaired) electrons. The Morgan fingerprint density at radius 2 is 1.83 bits per heavy atom. The third-order valence-electron chi connectivity index (χ3n) is 6.15. The zero-order valence-electron chi connectivity index (χ0n) is 14.7. The van der Waals surface area contributed by atoms with Gasteiger partial charge in [-0.05, 0) is 38.5 Å². The van der Waals surface area contributed by atoms with Crippen molar-refractivity contribution in [3.63, 3.8) is 0 Å². The molecule has 3 heterocycles. The minimum atomic E-state index is 0.292. The summed E-state index contributed by atoms with van der Waals surface area (Å²) in [6.45, 7) is 4.16. The van der Waals surface area contributed by atoms with Crippen molar-refractivity contribution in [2.45, 2.75) is 51.0 Å². The van der Waals surface area contributed by atoms with Crippen LogP contribution in [0, 0.1) is 5.41 Å². The Morgan fingerprint density at radius 3 is 2.62 bits per heavy atom. The molecule has 6 nitrogen and oxygen atoms in total. The first-order valence-corrected chi connectivity index (χ1v) is 9.37. The van der Waals surface area contributed by atoms with Gasteiger partial charge < -0.3 is 20.3 Å². The second-order valence-corrected chi connectivity index (χ2v) is 7.65. The second kappa shape index (κ2) is 6.39. The molecule has 1 spiro atoms. The molecule has 2 atom stereocenters. The van der Waals surface area contributed by atoms with Crippen LogP contribution in [0.4, 0.5) is 17.6 Å². The van der Waals surface area contributed by atoms with E-state index in [4.69, 9.17) is 15.5 Å². The van der Waals surface area contributed by atoms with E-state index < -0.39 is 0 Å². The van der Waals surface area contributed by atoms with Gasteiger partial charge in [-0.1, -0.05) is 6.42 Å². The Bertz CT molecular complexity index is 589. The first-order valence-electron chi connectivity index (χ1n) is 9.37. The molecule has 2 N–H and O–H groups in total. The molecule has 4 rings (SSSR count). The van der Waals surface area contributed by atoms with Gasteiger partial charge in [0.2, 0.25) is 5.95 Å². The molecule has 1 aromatic rings. The molecule has 2 aliphatic heterocycles. The van der Waals surface area contributed by atoms with E-state index >= 15 is 0 Å². The Labute approximate surface area is 144 Å². The second-order valence-electron chi connectivity index (χ2n) is 7.65. The first kappa shape index (κ1) is 15.9. The maximum atomic E-state index is 6.10. The fourth-order valence-electron chi connectivity index (χ4n) is 4.96. The molecule has 1 aliphatic carbocycles. The molecular formula is C18H29N5O. The maximum Gasteiger partial charge on any atom is 0.229 e. The summed E-state index contributed by atoms with van der Waals surface area (Å²) in [6.07, 6.45) is 9.02. The van der Waals surface area contributed by atoms with Crippen LogP contribution in [0.3, 0.4) is 0 Å². The highest BCUT2D eigenvalue weighted by Crippen LogP contribution is 2.47. The lowest BCUT2D eigenvalue weighted by atomic mass is 9.76. The molecular weight excluding hydrogens is 302 g/mol. The Kier molecular flexibility index (Phi) is 4.24. The van der Waals surface area contributed by atoms with E-state index in [1.807, 2.05) is 13.2 Å². The van der Waals surface area contributed by atoms with E-state index in [-0.39, 0.29) is 0 Å². The summed E-state index contributed by atoms with van der Waals surface area (Å²) >= 11 is 0. The van der Waals surface area contributed by atoms with Gasteiger partial charge in [-0.3, -0.25) is 0 Å². The van der Waals surface area contributed by atoms with E-state index in [0.29, 0.717) is 17.3 Å². The van der Waals surface area contributed by atoms with Crippen LogP contribution < -0.4 is 15.5 Å². The van der Waals surface area contributed by atoms with Crippen molar-refractivity contribution in [1.29, 1.82) is 0 Å². The number of rotatable bonds is 3. The number of nitrogens with two attached hydrogens (primary N) is 1. The first-order chi connectivity index (χ1) is 11.7. The van der Waals surface area contributed by atoms with Crippen molar-refractivity contribution in [2.24, 2.45) is 5.41 Å². The normalized spacial score (nSPS) is 30.5. The van der Waals surface area contributed by atoms with Gasteiger partial charge in [0.1, 0.15) is 11.6 Å². The molecule has 3 fully saturated rings. The Balaban J connectivity index is 1.58. The number of hydrogen-bond acceptors (Lipinski definition) is 6. The van der Waals surface area contributed by atoms with Gasteiger partial charge in [0.05, 0.1) is 6.10 Å².